The minimum Gasteiger partial charge on any atom is -0.311 e. The van der Waals surface area contributed by atoms with E-state index in [1.807, 2.05) is 17.9 Å². The van der Waals surface area contributed by atoms with E-state index in [0.717, 1.165) is 39.0 Å². The quantitative estimate of drug-likeness (QED) is 0.903. The summed E-state index contributed by atoms with van der Waals surface area (Å²) >= 11 is 0. The molecule has 1 atom stereocenters. The first-order valence-corrected chi connectivity index (χ1v) is 7.78. The summed E-state index contributed by atoms with van der Waals surface area (Å²) in [6.07, 6.45) is 4.07. The van der Waals surface area contributed by atoms with E-state index >= 15 is 0 Å². The fourth-order valence-electron chi connectivity index (χ4n) is 3.05. The molecule has 0 aliphatic carbocycles. The van der Waals surface area contributed by atoms with Crippen LogP contribution >= 0.6 is 0 Å². The van der Waals surface area contributed by atoms with Gasteiger partial charge in [-0.15, -0.1) is 0 Å². The number of aromatic nitrogens is 2. The lowest BCUT2D eigenvalue weighted by molar-refractivity contribution is 0.200. The van der Waals surface area contributed by atoms with Crippen molar-refractivity contribution in [2.24, 2.45) is 7.05 Å². The first kappa shape index (κ1) is 14.3. The van der Waals surface area contributed by atoms with Gasteiger partial charge in [0.25, 0.3) is 0 Å². The molecule has 2 heterocycles. The Labute approximate surface area is 126 Å². The molecule has 4 heteroatoms. The molecule has 21 heavy (non-hydrogen) atoms. The number of nitrogens with zero attached hydrogens (tertiary/aromatic N) is 3. The molecule has 0 bridgehead atoms. The number of aryl methyl sites for hydroxylation is 1. The van der Waals surface area contributed by atoms with E-state index < -0.39 is 0 Å². The second-order valence-electron chi connectivity index (χ2n) is 5.84. The van der Waals surface area contributed by atoms with Crippen LogP contribution in [0.4, 0.5) is 0 Å². The third-order valence-electron chi connectivity index (χ3n) is 4.27. The van der Waals surface area contributed by atoms with Crippen molar-refractivity contribution in [3.8, 4) is 0 Å². The minimum atomic E-state index is 0.563. The Morgan fingerprint density at radius 1 is 1.24 bits per heavy atom. The van der Waals surface area contributed by atoms with Crippen LogP contribution in [0.2, 0.25) is 0 Å². The van der Waals surface area contributed by atoms with Crippen LogP contribution in [0, 0.1) is 0 Å². The highest BCUT2D eigenvalue weighted by Gasteiger charge is 2.19. The zero-order chi connectivity index (χ0) is 14.5. The maximum atomic E-state index is 4.24. The second-order valence-corrected chi connectivity index (χ2v) is 5.84. The summed E-state index contributed by atoms with van der Waals surface area (Å²) in [6.45, 7) is 4.48. The molecule has 1 saturated heterocycles. The molecule has 1 aromatic carbocycles. The number of hydrogen-bond donors (Lipinski definition) is 1. The predicted octanol–water partition coefficient (Wildman–Crippen LogP) is 1.48. The van der Waals surface area contributed by atoms with Gasteiger partial charge in [0.15, 0.2) is 0 Å². The summed E-state index contributed by atoms with van der Waals surface area (Å²) in [4.78, 5) is 2.57. The first-order chi connectivity index (χ1) is 10.3. The standard InChI is InChI=1S/C17H24N4/c1-20-17(7-9-19-20)8-11-21-12-10-18-16(14-21)13-15-5-3-2-4-6-15/h2-7,9,16,18H,8,10-14H2,1H3. The van der Waals surface area contributed by atoms with Gasteiger partial charge in [-0.1, -0.05) is 30.3 Å². The molecule has 1 aromatic heterocycles. The van der Waals surface area contributed by atoms with E-state index in [9.17, 15) is 0 Å². The number of piperazine rings is 1. The van der Waals surface area contributed by atoms with E-state index in [1.165, 1.54) is 11.3 Å². The third kappa shape index (κ3) is 3.93. The van der Waals surface area contributed by atoms with Gasteiger partial charge in [0.2, 0.25) is 0 Å². The largest absolute Gasteiger partial charge is 0.311 e. The van der Waals surface area contributed by atoms with Gasteiger partial charge in [0.1, 0.15) is 0 Å². The topological polar surface area (TPSA) is 33.1 Å². The normalized spacial score (nSPS) is 19.8. The van der Waals surface area contributed by atoms with Crippen LogP contribution in [0.3, 0.4) is 0 Å². The lowest BCUT2D eigenvalue weighted by atomic mass is 10.0. The average molecular weight is 284 g/mol. The Morgan fingerprint density at radius 2 is 2.10 bits per heavy atom. The molecule has 0 amide bonds. The van der Waals surface area contributed by atoms with E-state index in [1.54, 1.807) is 0 Å². The Balaban J connectivity index is 1.50. The molecule has 0 radical (unpaired) electrons. The number of nitrogens with one attached hydrogen (secondary N) is 1. The molecule has 112 valence electrons. The van der Waals surface area contributed by atoms with Crippen LogP contribution in [-0.2, 0) is 19.9 Å². The van der Waals surface area contributed by atoms with Crippen molar-refractivity contribution in [1.82, 2.24) is 20.0 Å². The fourth-order valence-corrected chi connectivity index (χ4v) is 3.05. The van der Waals surface area contributed by atoms with E-state index in [-0.39, 0.29) is 0 Å². The van der Waals surface area contributed by atoms with Crippen LogP contribution in [0.15, 0.2) is 42.6 Å². The zero-order valence-corrected chi connectivity index (χ0v) is 12.7. The van der Waals surface area contributed by atoms with Crippen molar-refractivity contribution in [2.75, 3.05) is 26.2 Å². The lowest BCUT2D eigenvalue weighted by Crippen LogP contribution is -2.51. The predicted molar refractivity (Wildman–Crippen MR) is 85.3 cm³/mol. The number of benzene rings is 1. The monoisotopic (exact) mass is 284 g/mol. The molecular formula is C17H24N4. The SMILES string of the molecule is Cn1nccc1CCN1CCNC(Cc2ccccc2)C1. The highest BCUT2D eigenvalue weighted by Crippen LogP contribution is 2.08. The van der Waals surface area contributed by atoms with Gasteiger partial charge in [-0.25, -0.2) is 0 Å². The van der Waals surface area contributed by atoms with Gasteiger partial charge in [-0.2, -0.15) is 5.10 Å². The molecule has 2 aromatic rings. The van der Waals surface area contributed by atoms with Crippen LogP contribution < -0.4 is 5.32 Å². The summed E-state index contributed by atoms with van der Waals surface area (Å²) in [5.74, 6) is 0. The number of rotatable bonds is 5. The Bertz CT molecular complexity index is 549. The molecular weight excluding hydrogens is 260 g/mol. The molecule has 1 aliphatic rings. The highest BCUT2D eigenvalue weighted by molar-refractivity contribution is 5.16. The van der Waals surface area contributed by atoms with Crippen LogP contribution in [-0.4, -0.2) is 46.9 Å². The van der Waals surface area contributed by atoms with Crippen molar-refractivity contribution in [2.45, 2.75) is 18.9 Å². The minimum absolute atomic E-state index is 0.563. The van der Waals surface area contributed by atoms with E-state index in [2.05, 4.69) is 51.7 Å². The molecule has 0 spiro atoms. The molecule has 1 aliphatic heterocycles. The Morgan fingerprint density at radius 3 is 2.86 bits per heavy atom. The van der Waals surface area contributed by atoms with Crippen LogP contribution in [0.1, 0.15) is 11.3 Å². The smallest absolute Gasteiger partial charge is 0.0492 e. The third-order valence-corrected chi connectivity index (χ3v) is 4.27. The summed E-state index contributed by atoms with van der Waals surface area (Å²) in [5.41, 5.74) is 2.73. The van der Waals surface area contributed by atoms with Crippen molar-refractivity contribution < 1.29 is 0 Å². The molecule has 0 saturated carbocycles. The zero-order valence-electron chi connectivity index (χ0n) is 12.7. The first-order valence-electron chi connectivity index (χ1n) is 7.78. The van der Waals surface area contributed by atoms with Crippen molar-refractivity contribution in [3.05, 3.63) is 53.9 Å². The Hall–Kier alpha value is -1.65. The summed E-state index contributed by atoms with van der Waals surface area (Å²) < 4.78 is 1.98. The highest BCUT2D eigenvalue weighted by atomic mass is 15.3. The van der Waals surface area contributed by atoms with Gasteiger partial charge < -0.3 is 10.2 Å². The molecule has 4 nitrogen and oxygen atoms in total. The lowest BCUT2D eigenvalue weighted by Gasteiger charge is -2.33. The van der Waals surface area contributed by atoms with E-state index in [4.69, 9.17) is 0 Å². The fraction of sp³-hybridized carbons (Fsp3) is 0.471. The van der Waals surface area contributed by atoms with Crippen molar-refractivity contribution in [3.63, 3.8) is 0 Å². The number of hydrogen-bond acceptors (Lipinski definition) is 3. The van der Waals surface area contributed by atoms with Gasteiger partial charge in [0, 0.05) is 57.6 Å². The molecule has 1 unspecified atom stereocenters. The average Bonchev–Trinajstić information content (AvgIpc) is 2.92. The molecule has 3 rings (SSSR count). The molecule has 1 fully saturated rings. The maximum absolute atomic E-state index is 4.24. The van der Waals surface area contributed by atoms with Gasteiger partial charge in [-0.05, 0) is 18.1 Å². The second kappa shape index (κ2) is 6.87. The summed E-state index contributed by atoms with van der Waals surface area (Å²) in [6, 6.07) is 13.4. The maximum Gasteiger partial charge on any atom is 0.0492 e. The van der Waals surface area contributed by atoms with Crippen molar-refractivity contribution in [1.29, 1.82) is 0 Å². The van der Waals surface area contributed by atoms with Gasteiger partial charge in [0.05, 0.1) is 0 Å². The van der Waals surface area contributed by atoms with E-state index in [0.29, 0.717) is 6.04 Å². The summed E-state index contributed by atoms with van der Waals surface area (Å²) in [5, 5.41) is 7.88. The van der Waals surface area contributed by atoms with Gasteiger partial charge >= 0.3 is 0 Å². The van der Waals surface area contributed by atoms with Crippen LogP contribution in [0.25, 0.3) is 0 Å². The van der Waals surface area contributed by atoms with Gasteiger partial charge in [-0.3, -0.25) is 4.68 Å². The van der Waals surface area contributed by atoms with Crippen molar-refractivity contribution >= 4 is 0 Å². The molecule has 1 N–H and O–H groups in total. The Kier molecular flexibility index (Phi) is 4.68. The summed E-state index contributed by atoms with van der Waals surface area (Å²) in [7, 11) is 2.02. The van der Waals surface area contributed by atoms with Crippen LogP contribution in [0.5, 0.6) is 0 Å².